The Hall–Kier alpha value is -1.95. The highest BCUT2D eigenvalue weighted by Crippen LogP contribution is 2.21. The van der Waals surface area contributed by atoms with Crippen molar-refractivity contribution in [1.29, 1.82) is 0 Å². The van der Waals surface area contributed by atoms with Gasteiger partial charge in [0.25, 0.3) is 0 Å². The van der Waals surface area contributed by atoms with Crippen molar-refractivity contribution in [2.45, 2.75) is 38.9 Å². The Bertz CT molecular complexity index is 569. The van der Waals surface area contributed by atoms with Gasteiger partial charge in [-0.2, -0.15) is 0 Å². The van der Waals surface area contributed by atoms with Crippen LogP contribution in [0.15, 0.2) is 24.5 Å². The van der Waals surface area contributed by atoms with Crippen LogP contribution in [0.3, 0.4) is 0 Å². The average Bonchev–Trinajstić information content (AvgIpc) is 3.09. The van der Waals surface area contributed by atoms with Crippen molar-refractivity contribution in [2.75, 3.05) is 11.9 Å². The first-order chi connectivity index (χ1) is 9.72. The molecule has 1 aromatic heterocycles. The Morgan fingerprint density at radius 1 is 1.40 bits per heavy atom. The minimum atomic E-state index is 0.308. The first kappa shape index (κ1) is 13.1. The molecule has 2 aromatic rings. The van der Waals surface area contributed by atoms with Crippen molar-refractivity contribution >= 4 is 5.69 Å². The zero-order chi connectivity index (χ0) is 13.9. The summed E-state index contributed by atoms with van der Waals surface area (Å²) >= 11 is 0. The predicted octanol–water partition coefficient (Wildman–Crippen LogP) is 1.95. The second-order valence-corrected chi connectivity index (χ2v) is 5.28. The molecule has 2 atom stereocenters. The van der Waals surface area contributed by atoms with E-state index in [1.165, 1.54) is 0 Å². The standard InChI is InChI=1S/C14H19N5O/c1-10-3-5-12(7-14(10)19-9-16-17-18-19)15-8-13-6-4-11(2)20-13/h3,5,7,9,11,13,15H,4,6,8H2,1-2H3. The molecule has 3 rings (SSSR count). The number of tetrazole rings is 1. The quantitative estimate of drug-likeness (QED) is 0.922. The molecule has 1 saturated heterocycles. The molecule has 1 fully saturated rings. The summed E-state index contributed by atoms with van der Waals surface area (Å²) in [5, 5.41) is 14.7. The molecule has 6 nitrogen and oxygen atoms in total. The number of nitrogens with zero attached hydrogens (tertiary/aromatic N) is 4. The molecule has 0 saturated carbocycles. The normalized spacial score (nSPS) is 22.1. The number of rotatable bonds is 4. The van der Waals surface area contributed by atoms with Crippen molar-refractivity contribution in [3.63, 3.8) is 0 Å². The number of aryl methyl sites for hydroxylation is 1. The number of nitrogens with one attached hydrogen (secondary N) is 1. The van der Waals surface area contributed by atoms with Crippen LogP contribution in [0.1, 0.15) is 25.3 Å². The number of hydrogen-bond donors (Lipinski definition) is 1. The van der Waals surface area contributed by atoms with Crippen LogP contribution in [0.25, 0.3) is 5.69 Å². The van der Waals surface area contributed by atoms with E-state index in [9.17, 15) is 0 Å². The van der Waals surface area contributed by atoms with Crippen LogP contribution in [-0.2, 0) is 4.74 Å². The Morgan fingerprint density at radius 2 is 2.30 bits per heavy atom. The van der Waals surface area contributed by atoms with E-state index in [4.69, 9.17) is 4.74 Å². The van der Waals surface area contributed by atoms with Gasteiger partial charge in [0, 0.05) is 12.2 Å². The fourth-order valence-corrected chi connectivity index (χ4v) is 2.50. The molecular formula is C14H19N5O. The third-order valence-corrected chi connectivity index (χ3v) is 3.66. The topological polar surface area (TPSA) is 64.9 Å². The lowest BCUT2D eigenvalue weighted by Gasteiger charge is -2.14. The molecule has 0 radical (unpaired) electrons. The maximum Gasteiger partial charge on any atom is 0.143 e. The number of anilines is 1. The summed E-state index contributed by atoms with van der Waals surface area (Å²) in [4.78, 5) is 0. The molecule has 2 unspecified atom stereocenters. The van der Waals surface area contributed by atoms with Gasteiger partial charge in [-0.25, -0.2) is 4.68 Å². The fourth-order valence-electron chi connectivity index (χ4n) is 2.50. The van der Waals surface area contributed by atoms with E-state index in [0.29, 0.717) is 12.2 Å². The highest BCUT2D eigenvalue weighted by Gasteiger charge is 2.21. The third-order valence-electron chi connectivity index (χ3n) is 3.66. The number of benzene rings is 1. The molecule has 0 spiro atoms. The maximum atomic E-state index is 5.81. The summed E-state index contributed by atoms with van der Waals surface area (Å²) in [6.07, 6.45) is 4.57. The van der Waals surface area contributed by atoms with Gasteiger partial charge in [0.2, 0.25) is 0 Å². The lowest BCUT2D eigenvalue weighted by Crippen LogP contribution is -2.19. The van der Waals surface area contributed by atoms with Crippen molar-refractivity contribution in [3.8, 4) is 5.69 Å². The first-order valence-corrected chi connectivity index (χ1v) is 6.96. The maximum absolute atomic E-state index is 5.81. The lowest BCUT2D eigenvalue weighted by atomic mass is 10.1. The fraction of sp³-hybridized carbons (Fsp3) is 0.500. The SMILES string of the molecule is Cc1ccc(NCC2CCC(C)O2)cc1-n1cnnn1. The molecule has 6 heteroatoms. The number of ether oxygens (including phenoxy) is 1. The zero-order valence-corrected chi connectivity index (χ0v) is 11.8. The molecule has 20 heavy (non-hydrogen) atoms. The third kappa shape index (κ3) is 2.80. The van der Waals surface area contributed by atoms with E-state index in [2.05, 4.69) is 46.0 Å². The van der Waals surface area contributed by atoms with E-state index < -0.39 is 0 Å². The van der Waals surface area contributed by atoms with Crippen LogP contribution < -0.4 is 5.32 Å². The second-order valence-electron chi connectivity index (χ2n) is 5.28. The van der Waals surface area contributed by atoms with Crippen molar-refractivity contribution in [3.05, 3.63) is 30.1 Å². The average molecular weight is 273 g/mol. The van der Waals surface area contributed by atoms with Crippen LogP contribution in [0.2, 0.25) is 0 Å². The molecule has 1 aromatic carbocycles. The molecule has 1 N–H and O–H groups in total. The molecule has 0 aliphatic carbocycles. The largest absolute Gasteiger partial charge is 0.382 e. The van der Waals surface area contributed by atoms with Crippen LogP contribution in [0, 0.1) is 6.92 Å². The van der Waals surface area contributed by atoms with E-state index >= 15 is 0 Å². The van der Waals surface area contributed by atoms with Gasteiger partial charge in [-0.3, -0.25) is 0 Å². The van der Waals surface area contributed by atoms with E-state index in [1.807, 2.05) is 6.92 Å². The molecular weight excluding hydrogens is 254 g/mol. The second kappa shape index (κ2) is 5.58. The van der Waals surface area contributed by atoms with Gasteiger partial charge in [0.1, 0.15) is 6.33 Å². The van der Waals surface area contributed by atoms with Gasteiger partial charge in [-0.1, -0.05) is 6.07 Å². The van der Waals surface area contributed by atoms with Crippen molar-refractivity contribution in [2.24, 2.45) is 0 Å². The summed E-state index contributed by atoms with van der Waals surface area (Å²) < 4.78 is 7.48. The summed E-state index contributed by atoms with van der Waals surface area (Å²) in [6, 6.07) is 6.20. The summed E-state index contributed by atoms with van der Waals surface area (Å²) in [6.45, 7) is 5.01. The Labute approximate surface area is 118 Å². The van der Waals surface area contributed by atoms with Crippen LogP contribution >= 0.6 is 0 Å². The van der Waals surface area contributed by atoms with Gasteiger partial charge in [-0.05, 0) is 54.8 Å². The van der Waals surface area contributed by atoms with Crippen LogP contribution in [0.4, 0.5) is 5.69 Å². The minimum Gasteiger partial charge on any atom is -0.382 e. The van der Waals surface area contributed by atoms with Crippen molar-refractivity contribution in [1.82, 2.24) is 20.2 Å². The highest BCUT2D eigenvalue weighted by molar-refractivity contribution is 5.54. The van der Waals surface area contributed by atoms with Gasteiger partial charge < -0.3 is 10.1 Å². The van der Waals surface area contributed by atoms with Gasteiger partial charge in [0.15, 0.2) is 0 Å². The first-order valence-electron chi connectivity index (χ1n) is 6.96. The summed E-state index contributed by atoms with van der Waals surface area (Å²) in [5.74, 6) is 0. The molecule has 2 heterocycles. The zero-order valence-electron chi connectivity index (χ0n) is 11.8. The highest BCUT2D eigenvalue weighted by atomic mass is 16.5. The Balaban J connectivity index is 1.70. The van der Waals surface area contributed by atoms with Gasteiger partial charge in [-0.15, -0.1) is 5.10 Å². The van der Waals surface area contributed by atoms with E-state index in [1.54, 1.807) is 11.0 Å². The predicted molar refractivity (Wildman–Crippen MR) is 75.9 cm³/mol. The number of aromatic nitrogens is 4. The van der Waals surface area contributed by atoms with E-state index in [-0.39, 0.29) is 0 Å². The Kier molecular flexibility index (Phi) is 3.64. The monoisotopic (exact) mass is 273 g/mol. The van der Waals surface area contributed by atoms with Crippen molar-refractivity contribution < 1.29 is 4.74 Å². The molecule has 1 aliphatic heterocycles. The minimum absolute atomic E-state index is 0.308. The molecule has 1 aliphatic rings. The van der Waals surface area contributed by atoms with E-state index in [0.717, 1.165) is 36.3 Å². The summed E-state index contributed by atoms with van der Waals surface area (Å²) in [5.41, 5.74) is 3.18. The molecule has 0 amide bonds. The lowest BCUT2D eigenvalue weighted by molar-refractivity contribution is 0.0637. The van der Waals surface area contributed by atoms with Gasteiger partial charge >= 0.3 is 0 Å². The smallest absolute Gasteiger partial charge is 0.143 e. The number of hydrogen-bond acceptors (Lipinski definition) is 5. The van der Waals surface area contributed by atoms with Crippen LogP contribution in [0.5, 0.6) is 0 Å². The van der Waals surface area contributed by atoms with Gasteiger partial charge in [0.05, 0.1) is 17.9 Å². The molecule has 106 valence electrons. The van der Waals surface area contributed by atoms with Crippen LogP contribution in [-0.4, -0.2) is 39.0 Å². The molecule has 0 bridgehead atoms. The Morgan fingerprint density at radius 3 is 3.00 bits per heavy atom. The summed E-state index contributed by atoms with van der Waals surface area (Å²) in [7, 11) is 0.